The number of fused-ring (bicyclic) bond motifs is 1. The van der Waals surface area contributed by atoms with E-state index in [1.807, 2.05) is 36.2 Å². The maximum absolute atomic E-state index is 6.20. The van der Waals surface area contributed by atoms with Crippen molar-refractivity contribution in [2.45, 2.75) is 26.4 Å². The van der Waals surface area contributed by atoms with Crippen molar-refractivity contribution in [2.24, 2.45) is 0 Å². The Hall–Kier alpha value is -0.770. The second-order valence-corrected chi connectivity index (χ2v) is 6.27. The Kier molecular flexibility index (Phi) is 5.49. The molecule has 0 aliphatic rings. The van der Waals surface area contributed by atoms with Crippen LogP contribution in [-0.4, -0.2) is 22.5 Å². The molecule has 4 heteroatoms. The van der Waals surface area contributed by atoms with Gasteiger partial charge in [0.15, 0.2) is 0 Å². The van der Waals surface area contributed by atoms with E-state index >= 15 is 0 Å². The smallest absolute Gasteiger partial charge is 0.0761 e. The number of benzene rings is 1. The van der Waals surface area contributed by atoms with Gasteiger partial charge in [-0.3, -0.25) is 4.98 Å². The highest BCUT2D eigenvalue weighted by Gasteiger charge is 2.07. The lowest BCUT2D eigenvalue weighted by atomic mass is 10.1. The molecule has 1 unspecified atom stereocenters. The van der Waals surface area contributed by atoms with E-state index in [-0.39, 0.29) is 0 Å². The van der Waals surface area contributed by atoms with Crippen molar-refractivity contribution < 1.29 is 0 Å². The van der Waals surface area contributed by atoms with Crippen LogP contribution in [0.1, 0.15) is 19.4 Å². The van der Waals surface area contributed by atoms with Crippen molar-refractivity contribution in [1.29, 1.82) is 0 Å². The van der Waals surface area contributed by atoms with Crippen LogP contribution in [0.3, 0.4) is 0 Å². The molecular weight excluding hydrogens is 276 g/mol. The number of halogens is 1. The zero-order chi connectivity index (χ0) is 13.7. The van der Waals surface area contributed by atoms with Crippen molar-refractivity contribution in [3.8, 4) is 0 Å². The summed E-state index contributed by atoms with van der Waals surface area (Å²) >= 11 is 8.15. The highest BCUT2D eigenvalue weighted by molar-refractivity contribution is 7.99. The van der Waals surface area contributed by atoms with Gasteiger partial charge in [-0.25, -0.2) is 0 Å². The average Bonchev–Trinajstić information content (AvgIpc) is 2.45. The van der Waals surface area contributed by atoms with E-state index in [4.69, 9.17) is 11.6 Å². The van der Waals surface area contributed by atoms with Crippen LogP contribution in [0.15, 0.2) is 30.5 Å². The van der Waals surface area contributed by atoms with E-state index in [1.165, 1.54) is 5.56 Å². The van der Waals surface area contributed by atoms with E-state index in [1.54, 1.807) is 0 Å². The van der Waals surface area contributed by atoms with Crippen LogP contribution in [0.2, 0.25) is 5.02 Å². The summed E-state index contributed by atoms with van der Waals surface area (Å²) in [7, 11) is 0. The zero-order valence-corrected chi connectivity index (χ0v) is 12.9. The van der Waals surface area contributed by atoms with Crippen molar-refractivity contribution >= 4 is 34.3 Å². The molecule has 1 aromatic carbocycles. The number of rotatable bonds is 6. The van der Waals surface area contributed by atoms with Crippen LogP contribution in [0.4, 0.5) is 0 Å². The molecule has 1 N–H and O–H groups in total. The first-order chi connectivity index (χ1) is 9.22. The third-order valence-corrected chi connectivity index (χ3v) is 4.49. The molecule has 0 radical (unpaired) electrons. The fourth-order valence-corrected chi connectivity index (χ4v) is 2.90. The molecule has 0 saturated carbocycles. The van der Waals surface area contributed by atoms with Gasteiger partial charge in [-0.2, -0.15) is 11.8 Å². The molecule has 2 nitrogen and oxygen atoms in total. The number of thioether (sulfide) groups is 1. The van der Waals surface area contributed by atoms with Crippen molar-refractivity contribution in [3.63, 3.8) is 0 Å². The highest BCUT2D eigenvalue weighted by atomic mass is 35.5. The van der Waals surface area contributed by atoms with Crippen molar-refractivity contribution in [3.05, 3.63) is 41.0 Å². The Morgan fingerprint density at radius 1 is 1.37 bits per heavy atom. The predicted octanol–water partition coefficient (Wildman–Crippen LogP) is 4.12. The minimum atomic E-state index is 0.499. The lowest BCUT2D eigenvalue weighted by Gasteiger charge is -2.14. The van der Waals surface area contributed by atoms with Gasteiger partial charge in [-0.15, -0.1) is 0 Å². The average molecular weight is 295 g/mol. The second-order valence-electron chi connectivity index (χ2n) is 4.55. The van der Waals surface area contributed by atoms with Gasteiger partial charge in [-0.1, -0.05) is 24.6 Å². The SMILES string of the molecule is CCSCC(C)NCc1ccc(Cl)c2cccnc12. The number of hydrogen-bond acceptors (Lipinski definition) is 3. The topological polar surface area (TPSA) is 24.9 Å². The first-order valence-corrected chi connectivity index (χ1v) is 8.09. The quantitative estimate of drug-likeness (QED) is 0.867. The number of nitrogens with one attached hydrogen (secondary N) is 1. The van der Waals surface area contributed by atoms with Gasteiger partial charge >= 0.3 is 0 Å². The fraction of sp³-hybridized carbons (Fsp3) is 0.400. The molecule has 0 aliphatic carbocycles. The molecule has 1 aromatic heterocycles. The zero-order valence-electron chi connectivity index (χ0n) is 11.3. The molecule has 0 saturated heterocycles. The van der Waals surface area contributed by atoms with Crippen LogP contribution < -0.4 is 5.32 Å². The summed E-state index contributed by atoms with van der Waals surface area (Å²) in [4.78, 5) is 4.45. The molecule has 0 bridgehead atoms. The fourth-order valence-electron chi connectivity index (χ4n) is 1.98. The van der Waals surface area contributed by atoms with Crippen LogP contribution in [-0.2, 0) is 6.54 Å². The number of aromatic nitrogens is 1. The minimum Gasteiger partial charge on any atom is -0.309 e. The van der Waals surface area contributed by atoms with E-state index in [2.05, 4.69) is 30.2 Å². The third kappa shape index (κ3) is 3.85. The first-order valence-electron chi connectivity index (χ1n) is 6.55. The summed E-state index contributed by atoms with van der Waals surface area (Å²) in [6, 6.07) is 8.45. The molecule has 1 atom stereocenters. The monoisotopic (exact) mass is 294 g/mol. The molecule has 0 spiro atoms. The normalized spacial score (nSPS) is 12.8. The summed E-state index contributed by atoms with van der Waals surface area (Å²) in [5.74, 6) is 2.30. The maximum atomic E-state index is 6.20. The van der Waals surface area contributed by atoms with Crippen LogP contribution in [0.5, 0.6) is 0 Å². The molecular formula is C15H19ClN2S. The minimum absolute atomic E-state index is 0.499. The predicted molar refractivity (Wildman–Crippen MR) is 86.1 cm³/mol. The highest BCUT2D eigenvalue weighted by Crippen LogP contribution is 2.24. The summed E-state index contributed by atoms with van der Waals surface area (Å²) < 4.78 is 0. The summed E-state index contributed by atoms with van der Waals surface area (Å²) in [5, 5.41) is 5.33. The Morgan fingerprint density at radius 3 is 3.00 bits per heavy atom. The van der Waals surface area contributed by atoms with Crippen LogP contribution in [0, 0.1) is 0 Å². The number of hydrogen-bond donors (Lipinski definition) is 1. The lowest BCUT2D eigenvalue weighted by Crippen LogP contribution is -2.27. The van der Waals surface area contributed by atoms with Crippen LogP contribution >= 0.6 is 23.4 Å². The Bertz CT molecular complexity index is 545. The lowest BCUT2D eigenvalue weighted by molar-refractivity contribution is 0.597. The standard InChI is InChI=1S/C15H19ClN2S/c1-3-19-10-11(2)18-9-12-6-7-14(16)13-5-4-8-17-15(12)13/h4-8,11,18H,3,9-10H2,1-2H3. The first kappa shape index (κ1) is 14.6. The van der Waals surface area contributed by atoms with Gasteiger partial charge in [0.05, 0.1) is 5.52 Å². The van der Waals surface area contributed by atoms with Gasteiger partial charge in [-0.05, 0) is 36.4 Å². The van der Waals surface area contributed by atoms with E-state index in [9.17, 15) is 0 Å². The maximum Gasteiger partial charge on any atom is 0.0761 e. The van der Waals surface area contributed by atoms with Gasteiger partial charge < -0.3 is 5.32 Å². The molecule has 2 aromatic rings. The number of nitrogens with zero attached hydrogens (tertiary/aromatic N) is 1. The Labute approximate surface area is 123 Å². The molecule has 19 heavy (non-hydrogen) atoms. The third-order valence-electron chi connectivity index (χ3n) is 3.01. The Morgan fingerprint density at radius 2 is 2.21 bits per heavy atom. The van der Waals surface area contributed by atoms with E-state index in [0.29, 0.717) is 6.04 Å². The van der Waals surface area contributed by atoms with E-state index in [0.717, 1.165) is 34.0 Å². The summed E-state index contributed by atoms with van der Waals surface area (Å²) in [6.07, 6.45) is 1.82. The van der Waals surface area contributed by atoms with Gasteiger partial charge in [0, 0.05) is 34.9 Å². The van der Waals surface area contributed by atoms with Gasteiger partial charge in [0.25, 0.3) is 0 Å². The van der Waals surface area contributed by atoms with Gasteiger partial charge in [0.1, 0.15) is 0 Å². The molecule has 1 heterocycles. The molecule has 0 aliphatic heterocycles. The van der Waals surface area contributed by atoms with Crippen LogP contribution in [0.25, 0.3) is 10.9 Å². The summed E-state index contributed by atoms with van der Waals surface area (Å²) in [6.45, 7) is 5.23. The molecule has 0 amide bonds. The largest absolute Gasteiger partial charge is 0.309 e. The molecule has 0 fully saturated rings. The van der Waals surface area contributed by atoms with Crippen molar-refractivity contribution in [1.82, 2.24) is 10.3 Å². The van der Waals surface area contributed by atoms with Crippen molar-refractivity contribution in [2.75, 3.05) is 11.5 Å². The molecule has 102 valence electrons. The Balaban J connectivity index is 2.11. The van der Waals surface area contributed by atoms with E-state index < -0.39 is 0 Å². The summed E-state index contributed by atoms with van der Waals surface area (Å²) in [5.41, 5.74) is 2.20. The van der Waals surface area contributed by atoms with Gasteiger partial charge in [0.2, 0.25) is 0 Å². The second kappa shape index (κ2) is 7.13. The molecule has 2 rings (SSSR count). The number of pyridine rings is 1.